The minimum absolute atomic E-state index is 0.0882. The molecule has 0 radical (unpaired) electrons. The molecule has 5 amide bonds. The molecule has 0 aliphatic rings. The largest absolute Gasteiger partial charge is 0.481 e. The average Bonchev–Trinajstić information content (AvgIpc) is 2.86. The van der Waals surface area contributed by atoms with Crippen molar-refractivity contribution in [3.8, 4) is 0 Å². The first kappa shape index (κ1) is 37.7. The highest BCUT2D eigenvalue weighted by Gasteiger charge is 2.33. The molecule has 42 heavy (non-hydrogen) atoms. The molecule has 0 aromatic heterocycles. The highest BCUT2D eigenvalue weighted by Crippen LogP contribution is 2.08. The molecule has 0 aliphatic carbocycles. The average molecular weight is 605 g/mol. The van der Waals surface area contributed by atoms with Crippen molar-refractivity contribution in [2.24, 2.45) is 17.4 Å². The smallest absolute Gasteiger partial charge is 0.305 e. The van der Waals surface area contributed by atoms with Crippen molar-refractivity contribution in [3.63, 3.8) is 0 Å². The summed E-state index contributed by atoms with van der Waals surface area (Å²) >= 11 is 0. The van der Waals surface area contributed by atoms with Gasteiger partial charge in [-0.3, -0.25) is 38.4 Å². The number of amides is 5. The maximum atomic E-state index is 13.0. The van der Waals surface area contributed by atoms with E-state index in [0.717, 1.165) is 0 Å². The monoisotopic (exact) mass is 604 g/mol. The summed E-state index contributed by atoms with van der Waals surface area (Å²) in [5, 5.41) is 45.6. The number of carbonyl (C=O) groups excluding carboxylic acids is 5. The predicted octanol–water partition coefficient (Wildman–Crippen LogP) is -3.63. The van der Waals surface area contributed by atoms with Crippen LogP contribution in [-0.4, -0.2) is 104 Å². The molecule has 0 spiro atoms. The molecule has 0 aliphatic heterocycles. The van der Waals surface area contributed by atoms with Gasteiger partial charge in [-0.05, 0) is 32.1 Å². The number of aliphatic hydroxyl groups is 1. The lowest BCUT2D eigenvalue weighted by Crippen LogP contribution is -2.59. The molecule has 0 saturated heterocycles. The maximum Gasteiger partial charge on any atom is 0.305 e. The number of carbonyl (C=O) groups is 8. The topological polar surface area (TPSA) is 318 Å². The number of nitrogens with two attached hydrogens (primary N) is 2. The SMILES string of the molecule is CC(C)C[C@H](NC(=O)[C@H](CCC(=O)O)NC(=O)[C@H](CC(=O)O)NC(=O)[C@H](CCC(=O)O)NC(=O)[C@@H](N)[C@@H](C)O)C(N)=O. The van der Waals surface area contributed by atoms with E-state index < -0.39 is 116 Å². The van der Waals surface area contributed by atoms with E-state index in [1.54, 1.807) is 13.8 Å². The molecule has 0 unspecified atom stereocenters. The molecule has 0 bridgehead atoms. The highest BCUT2D eigenvalue weighted by atomic mass is 16.4. The molecule has 238 valence electrons. The number of carboxylic acids is 3. The summed E-state index contributed by atoms with van der Waals surface area (Å²) in [6.45, 7) is 4.68. The zero-order valence-corrected chi connectivity index (χ0v) is 23.5. The molecule has 12 N–H and O–H groups in total. The molecule has 0 fully saturated rings. The minimum Gasteiger partial charge on any atom is -0.481 e. The van der Waals surface area contributed by atoms with Crippen molar-refractivity contribution in [3.05, 3.63) is 0 Å². The second-order valence-electron chi connectivity index (χ2n) is 10.0. The number of hydrogen-bond donors (Lipinski definition) is 10. The molecular formula is C24H40N6O12. The van der Waals surface area contributed by atoms with Gasteiger partial charge in [0, 0.05) is 12.8 Å². The summed E-state index contributed by atoms with van der Waals surface area (Å²) in [6.07, 6.45) is -4.49. The second kappa shape index (κ2) is 18.2. The number of rotatable bonds is 20. The van der Waals surface area contributed by atoms with Crippen LogP contribution in [0, 0.1) is 5.92 Å². The number of aliphatic carboxylic acids is 3. The second-order valence-corrected chi connectivity index (χ2v) is 10.0. The van der Waals surface area contributed by atoms with Gasteiger partial charge in [0.25, 0.3) is 0 Å². The van der Waals surface area contributed by atoms with Crippen LogP contribution >= 0.6 is 0 Å². The Kier molecular flexibility index (Phi) is 16.3. The van der Waals surface area contributed by atoms with Crippen molar-refractivity contribution in [2.75, 3.05) is 0 Å². The quantitative estimate of drug-likeness (QED) is 0.0642. The third kappa shape index (κ3) is 14.9. The van der Waals surface area contributed by atoms with E-state index in [2.05, 4.69) is 21.3 Å². The van der Waals surface area contributed by atoms with Crippen LogP contribution in [0.4, 0.5) is 0 Å². The Morgan fingerprint density at radius 2 is 1.00 bits per heavy atom. The number of nitrogens with one attached hydrogen (secondary N) is 4. The summed E-state index contributed by atoms with van der Waals surface area (Å²) in [6, 6.07) is -7.77. The molecule has 18 heteroatoms. The Labute approximate surface area is 240 Å². The number of hydrogen-bond acceptors (Lipinski definition) is 10. The summed E-state index contributed by atoms with van der Waals surface area (Å²) in [5.74, 6) is -9.68. The first-order chi connectivity index (χ1) is 19.3. The molecule has 18 nitrogen and oxygen atoms in total. The molecule has 0 aromatic rings. The van der Waals surface area contributed by atoms with Gasteiger partial charge in [-0.25, -0.2) is 0 Å². The lowest BCUT2D eigenvalue weighted by Gasteiger charge is -2.26. The highest BCUT2D eigenvalue weighted by molar-refractivity contribution is 5.97. The van der Waals surface area contributed by atoms with Gasteiger partial charge >= 0.3 is 17.9 Å². The van der Waals surface area contributed by atoms with Gasteiger partial charge < -0.3 is 53.2 Å². The first-order valence-corrected chi connectivity index (χ1v) is 12.9. The van der Waals surface area contributed by atoms with Gasteiger partial charge in [-0.1, -0.05) is 13.8 Å². The van der Waals surface area contributed by atoms with Gasteiger partial charge in [0.05, 0.1) is 12.5 Å². The molecule has 0 rings (SSSR count). The van der Waals surface area contributed by atoms with Crippen LogP contribution in [-0.2, 0) is 38.4 Å². The zero-order chi connectivity index (χ0) is 32.7. The molecular weight excluding hydrogens is 564 g/mol. The van der Waals surface area contributed by atoms with Crippen LogP contribution in [0.15, 0.2) is 0 Å². The number of primary amides is 1. The normalized spacial score (nSPS) is 15.2. The van der Waals surface area contributed by atoms with E-state index in [9.17, 15) is 48.6 Å². The van der Waals surface area contributed by atoms with Crippen LogP contribution in [0.1, 0.15) is 59.3 Å². The van der Waals surface area contributed by atoms with Crippen LogP contribution in [0.3, 0.4) is 0 Å². The third-order valence-corrected chi connectivity index (χ3v) is 5.76. The van der Waals surface area contributed by atoms with E-state index in [1.807, 2.05) is 0 Å². The Bertz CT molecular complexity index is 1020. The summed E-state index contributed by atoms with van der Waals surface area (Å²) in [5.41, 5.74) is 10.9. The van der Waals surface area contributed by atoms with Crippen molar-refractivity contribution in [2.45, 2.75) is 95.6 Å². The molecule has 0 heterocycles. The summed E-state index contributed by atoms with van der Waals surface area (Å²) < 4.78 is 0. The lowest BCUT2D eigenvalue weighted by atomic mass is 10.0. The molecule has 0 aromatic carbocycles. The predicted molar refractivity (Wildman–Crippen MR) is 142 cm³/mol. The van der Waals surface area contributed by atoms with E-state index >= 15 is 0 Å². The van der Waals surface area contributed by atoms with Gasteiger partial charge in [0.1, 0.15) is 30.2 Å². The van der Waals surface area contributed by atoms with Crippen molar-refractivity contribution in [1.82, 2.24) is 21.3 Å². The number of aliphatic hydroxyl groups excluding tert-OH is 1. The van der Waals surface area contributed by atoms with E-state index in [-0.39, 0.29) is 12.3 Å². The van der Waals surface area contributed by atoms with Crippen molar-refractivity contribution >= 4 is 47.4 Å². The van der Waals surface area contributed by atoms with Crippen molar-refractivity contribution in [1.29, 1.82) is 0 Å². The Morgan fingerprint density at radius 1 is 0.619 bits per heavy atom. The molecule has 6 atom stereocenters. The van der Waals surface area contributed by atoms with Gasteiger partial charge in [-0.2, -0.15) is 0 Å². The van der Waals surface area contributed by atoms with Gasteiger partial charge in [-0.15, -0.1) is 0 Å². The van der Waals surface area contributed by atoms with E-state index in [4.69, 9.17) is 21.7 Å². The van der Waals surface area contributed by atoms with E-state index in [1.165, 1.54) is 6.92 Å². The van der Waals surface area contributed by atoms with E-state index in [0.29, 0.717) is 0 Å². The standard InChI is InChI=1S/C24H40N6O12/c1-10(2)8-14(20(26)38)29-21(39)12(4-6-16(32)33)27-23(41)15(9-18(36)37)30-22(40)13(5-7-17(34)35)28-24(42)19(25)11(3)31/h10-15,19,31H,4-9,25H2,1-3H3,(H2,26,38)(H,27,41)(H,28,42)(H,29,39)(H,30,40)(H,32,33)(H,34,35)(H,36,37)/t11-,12+,13+,14+,15+,19+/m1/s1. The lowest BCUT2D eigenvalue weighted by molar-refractivity contribution is -0.141. The van der Waals surface area contributed by atoms with Crippen LogP contribution < -0.4 is 32.7 Å². The van der Waals surface area contributed by atoms with Crippen LogP contribution in [0.2, 0.25) is 0 Å². The Hall–Kier alpha value is -4.32. The Morgan fingerprint density at radius 3 is 1.36 bits per heavy atom. The zero-order valence-electron chi connectivity index (χ0n) is 23.5. The van der Waals surface area contributed by atoms with Gasteiger partial charge in [0.2, 0.25) is 29.5 Å². The minimum atomic E-state index is -1.88. The summed E-state index contributed by atoms with van der Waals surface area (Å²) in [4.78, 5) is 96.5. The summed E-state index contributed by atoms with van der Waals surface area (Å²) in [7, 11) is 0. The fourth-order valence-electron chi connectivity index (χ4n) is 3.48. The van der Waals surface area contributed by atoms with Gasteiger partial charge in [0.15, 0.2) is 0 Å². The number of carboxylic acid groups (broad SMARTS) is 3. The third-order valence-electron chi connectivity index (χ3n) is 5.76. The maximum absolute atomic E-state index is 13.0. The van der Waals surface area contributed by atoms with Crippen LogP contribution in [0.5, 0.6) is 0 Å². The Balaban J connectivity index is 6.00. The van der Waals surface area contributed by atoms with Crippen molar-refractivity contribution < 1.29 is 58.8 Å². The first-order valence-electron chi connectivity index (χ1n) is 12.9. The van der Waals surface area contributed by atoms with Crippen LogP contribution in [0.25, 0.3) is 0 Å². The fraction of sp³-hybridized carbons (Fsp3) is 0.667. The molecule has 0 saturated carbocycles. The fourth-order valence-corrected chi connectivity index (χ4v) is 3.48.